The molecule has 0 unspecified atom stereocenters. The Morgan fingerprint density at radius 3 is 1.00 bits per heavy atom. The molecule has 1 rings (SSSR count). The Hall–Kier alpha value is -1.22. The van der Waals surface area contributed by atoms with Crippen molar-refractivity contribution in [2.45, 2.75) is 0 Å². The first-order valence-electron chi connectivity index (χ1n) is 6.45. The van der Waals surface area contributed by atoms with Gasteiger partial charge in [0.25, 0.3) is 0 Å². The number of carbonyl (C=O) groups is 2. The number of hydrogen-bond acceptors (Lipinski definition) is 8. The molecule has 116 valence electrons. The van der Waals surface area contributed by atoms with Gasteiger partial charge in [-0.2, -0.15) is 0 Å². The Kier molecular flexibility index (Phi) is 9.76. The molecule has 0 aromatic heterocycles. The van der Waals surface area contributed by atoms with Crippen molar-refractivity contribution in [2.24, 2.45) is 0 Å². The molecule has 1 saturated heterocycles. The van der Waals surface area contributed by atoms with E-state index in [1.165, 1.54) is 0 Å². The fourth-order valence-electron chi connectivity index (χ4n) is 1.27. The van der Waals surface area contributed by atoms with Crippen LogP contribution in [0.5, 0.6) is 0 Å². The van der Waals surface area contributed by atoms with Crippen LogP contribution in [0, 0.1) is 0 Å². The van der Waals surface area contributed by atoms with Gasteiger partial charge >= 0.3 is 11.9 Å². The molecule has 0 amide bonds. The number of hydrogen-bond donors (Lipinski definition) is 0. The summed E-state index contributed by atoms with van der Waals surface area (Å²) >= 11 is 0. The van der Waals surface area contributed by atoms with Crippen LogP contribution in [-0.4, -0.2) is 78.0 Å². The maximum Gasteiger partial charge on any atom is 0.417 e. The fourth-order valence-corrected chi connectivity index (χ4v) is 1.27. The molecule has 0 aromatic carbocycles. The Bertz CT molecular complexity index is 253. The monoisotopic (exact) mass is 292 g/mol. The normalized spacial score (nSPS) is 22.2. The molecule has 1 fully saturated rings. The summed E-state index contributed by atoms with van der Waals surface area (Å²) in [5, 5.41) is 0. The van der Waals surface area contributed by atoms with Gasteiger partial charge in [-0.1, -0.05) is 0 Å². The lowest BCUT2D eigenvalue weighted by atomic mass is 10.6. The smallest absolute Gasteiger partial charge is 0.417 e. The highest BCUT2D eigenvalue weighted by molar-refractivity contribution is 6.29. The lowest BCUT2D eigenvalue weighted by Crippen LogP contribution is -2.24. The minimum Gasteiger partial charge on any atom is -0.455 e. The molecule has 0 spiro atoms. The lowest BCUT2D eigenvalue weighted by Gasteiger charge is -2.09. The second-order valence-corrected chi connectivity index (χ2v) is 3.72. The molecule has 0 aliphatic carbocycles. The highest BCUT2D eigenvalue weighted by Gasteiger charge is 2.16. The Balaban J connectivity index is 2.21. The van der Waals surface area contributed by atoms with E-state index in [2.05, 4.69) is 9.47 Å². The van der Waals surface area contributed by atoms with Gasteiger partial charge < -0.3 is 28.4 Å². The van der Waals surface area contributed by atoms with Crippen LogP contribution < -0.4 is 0 Å². The van der Waals surface area contributed by atoms with E-state index in [9.17, 15) is 9.59 Å². The Morgan fingerprint density at radius 1 is 0.450 bits per heavy atom. The van der Waals surface area contributed by atoms with Gasteiger partial charge in [-0.25, -0.2) is 9.59 Å². The highest BCUT2D eigenvalue weighted by Crippen LogP contribution is 1.89. The zero-order valence-electron chi connectivity index (χ0n) is 11.3. The maximum atomic E-state index is 11.2. The highest BCUT2D eigenvalue weighted by atomic mass is 16.6. The van der Waals surface area contributed by atoms with Crippen LogP contribution in [0.2, 0.25) is 0 Å². The van der Waals surface area contributed by atoms with Crippen molar-refractivity contribution in [2.75, 3.05) is 66.1 Å². The molecule has 0 radical (unpaired) electrons. The summed E-state index contributed by atoms with van der Waals surface area (Å²) in [7, 11) is 0. The average Bonchev–Trinajstić information content (AvgIpc) is 2.45. The summed E-state index contributed by atoms with van der Waals surface area (Å²) in [6, 6.07) is 0. The summed E-state index contributed by atoms with van der Waals surface area (Å²) in [6.45, 7) is 2.96. The van der Waals surface area contributed by atoms with E-state index in [0.717, 1.165) is 0 Å². The molecule has 1 aliphatic heterocycles. The van der Waals surface area contributed by atoms with Crippen molar-refractivity contribution in [1.82, 2.24) is 0 Å². The summed E-state index contributed by atoms with van der Waals surface area (Å²) in [4.78, 5) is 22.3. The lowest BCUT2D eigenvalue weighted by molar-refractivity contribution is -0.169. The molecule has 0 bridgehead atoms. The first kappa shape index (κ1) is 16.8. The molecule has 8 nitrogen and oxygen atoms in total. The van der Waals surface area contributed by atoms with E-state index in [1.54, 1.807) is 0 Å². The number of rotatable bonds is 0. The van der Waals surface area contributed by atoms with Gasteiger partial charge in [-0.05, 0) is 0 Å². The predicted molar refractivity (Wildman–Crippen MR) is 65.2 cm³/mol. The van der Waals surface area contributed by atoms with E-state index < -0.39 is 11.9 Å². The number of carbonyl (C=O) groups excluding carboxylic acids is 2. The Labute approximate surface area is 117 Å². The number of esters is 2. The van der Waals surface area contributed by atoms with Gasteiger partial charge in [0, 0.05) is 0 Å². The Morgan fingerprint density at radius 2 is 0.700 bits per heavy atom. The zero-order valence-corrected chi connectivity index (χ0v) is 11.3. The van der Waals surface area contributed by atoms with Crippen molar-refractivity contribution in [3.8, 4) is 0 Å². The van der Waals surface area contributed by atoms with Crippen LogP contribution in [0.25, 0.3) is 0 Å². The van der Waals surface area contributed by atoms with Crippen molar-refractivity contribution in [3.05, 3.63) is 0 Å². The molecule has 0 atom stereocenters. The van der Waals surface area contributed by atoms with Gasteiger partial charge in [0.05, 0.1) is 52.9 Å². The standard InChI is InChI=1S/C12H20O8/c13-11-12(14)20-10-8-18-6-4-16-2-1-15-3-5-17-7-9-19-11/h1-10H2. The van der Waals surface area contributed by atoms with Crippen molar-refractivity contribution < 1.29 is 38.0 Å². The van der Waals surface area contributed by atoms with Crippen LogP contribution in [0.4, 0.5) is 0 Å². The molecule has 20 heavy (non-hydrogen) atoms. The molecule has 0 N–H and O–H groups in total. The maximum absolute atomic E-state index is 11.2. The van der Waals surface area contributed by atoms with E-state index in [-0.39, 0.29) is 26.4 Å². The van der Waals surface area contributed by atoms with Gasteiger partial charge in [0.1, 0.15) is 13.2 Å². The predicted octanol–water partition coefficient (Wildman–Crippen LogP) is -0.847. The second kappa shape index (κ2) is 11.6. The minimum atomic E-state index is -1.03. The largest absolute Gasteiger partial charge is 0.455 e. The third-order valence-electron chi connectivity index (χ3n) is 2.20. The van der Waals surface area contributed by atoms with Crippen LogP contribution in [0.15, 0.2) is 0 Å². The average molecular weight is 292 g/mol. The van der Waals surface area contributed by atoms with Crippen molar-refractivity contribution in [1.29, 1.82) is 0 Å². The molecular weight excluding hydrogens is 272 g/mol. The zero-order chi connectivity index (χ0) is 14.5. The second-order valence-electron chi connectivity index (χ2n) is 3.72. The molecule has 8 heteroatoms. The van der Waals surface area contributed by atoms with Crippen molar-refractivity contribution in [3.63, 3.8) is 0 Å². The summed E-state index contributed by atoms with van der Waals surface area (Å²) in [5.41, 5.74) is 0. The first-order chi connectivity index (χ1) is 9.80. The quantitative estimate of drug-likeness (QED) is 0.421. The van der Waals surface area contributed by atoms with E-state index >= 15 is 0 Å². The van der Waals surface area contributed by atoms with Crippen LogP contribution in [-0.2, 0) is 38.0 Å². The van der Waals surface area contributed by atoms with Crippen LogP contribution >= 0.6 is 0 Å². The van der Waals surface area contributed by atoms with Gasteiger partial charge in [-0.3, -0.25) is 0 Å². The van der Waals surface area contributed by atoms with E-state index in [4.69, 9.17) is 18.9 Å². The third kappa shape index (κ3) is 8.81. The SMILES string of the molecule is O=C1OCCOCCOCCOCCOCCOC1=O. The van der Waals surface area contributed by atoms with Gasteiger partial charge in [-0.15, -0.1) is 0 Å². The van der Waals surface area contributed by atoms with Crippen LogP contribution in [0.3, 0.4) is 0 Å². The fraction of sp³-hybridized carbons (Fsp3) is 0.833. The number of ether oxygens (including phenoxy) is 6. The number of cyclic esters (lactones) is 2. The van der Waals surface area contributed by atoms with Gasteiger partial charge in [0.2, 0.25) is 0 Å². The summed E-state index contributed by atoms with van der Waals surface area (Å²) in [5.74, 6) is -2.07. The topological polar surface area (TPSA) is 89.5 Å². The summed E-state index contributed by atoms with van der Waals surface area (Å²) in [6.07, 6.45) is 0. The minimum absolute atomic E-state index is 0.00640. The van der Waals surface area contributed by atoms with Crippen molar-refractivity contribution >= 4 is 11.9 Å². The molecular formula is C12H20O8. The third-order valence-corrected chi connectivity index (χ3v) is 2.20. The molecule has 1 heterocycles. The van der Waals surface area contributed by atoms with E-state index in [1.807, 2.05) is 0 Å². The van der Waals surface area contributed by atoms with Crippen LogP contribution in [0.1, 0.15) is 0 Å². The molecule has 0 aromatic rings. The molecule has 1 aliphatic rings. The summed E-state index contributed by atoms with van der Waals surface area (Å²) < 4.78 is 30.1. The first-order valence-corrected chi connectivity index (χ1v) is 6.45. The van der Waals surface area contributed by atoms with Gasteiger partial charge in [0.15, 0.2) is 0 Å². The molecule has 0 saturated carbocycles. The van der Waals surface area contributed by atoms with E-state index in [0.29, 0.717) is 39.6 Å².